The smallest absolute Gasteiger partial charge is 0.306 e. The molecule has 0 saturated heterocycles. The maximum Gasteiger partial charge on any atom is 0.306 e. The molecule has 1 unspecified atom stereocenters. The summed E-state index contributed by atoms with van der Waals surface area (Å²) >= 11 is 0. The lowest BCUT2D eigenvalue weighted by Crippen LogP contribution is -2.30. The van der Waals surface area contributed by atoms with Crippen LogP contribution in [-0.4, -0.2) is 37.2 Å². The van der Waals surface area contributed by atoms with Gasteiger partial charge in [0.25, 0.3) is 0 Å². The molecule has 296 valence electrons. The van der Waals surface area contributed by atoms with Gasteiger partial charge in [0.2, 0.25) is 0 Å². The van der Waals surface area contributed by atoms with Crippen LogP contribution >= 0.6 is 0 Å². The van der Waals surface area contributed by atoms with E-state index in [1.165, 1.54) is 109 Å². The van der Waals surface area contributed by atoms with Crippen molar-refractivity contribution >= 4 is 17.9 Å². The molecule has 0 aromatic carbocycles. The van der Waals surface area contributed by atoms with E-state index in [1.807, 2.05) is 0 Å². The van der Waals surface area contributed by atoms with Gasteiger partial charge in [-0.3, -0.25) is 14.4 Å². The van der Waals surface area contributed by atoms with Gasteiger partial charge in [-0.15, -0.1) is 0 Å². The first kappa shape index (κ1) is 48.4. The molecule has 0 bridgehead atoms. The summed E-state index contributed by atoms with van der Waals surface area (Å²) in [6, 6.07) is 0. The van der Waals surface area contributed by atoms with Crippen LogP contribution in [0.25, 0.3) is 0 Å². The Kier molecular flexibility index (Phi) is 34.7. The van der Waals surface area contributed by atoms with Crippen molar-refractivity contribution in [3.63, 3.8) is 0 Å². The van der Waals surface area contributed by atoms with Crippen molar-refractivity contribution in [1.29, 1.82) is 0 Å². The monoisotopic (exact) mass is 709 g/mol. The van der Waals surface area contributed by atoms with Gasteiger partial charge in [0.1, 0.15) is 13.2 Å². The van der Waals surface area contributed by atoms with E-state index < -0.39 is 6.10 Å². The van der Waals surface area contributed by atoms with Crippen LogP contribution in [-0.2, 0) is 28.6 Å². The Morgan fingerprint density at radius 1 is 0.400 bits per heavy atom. The quantitative estimate of drug-likeness (QED) is 0.0363. The summed E-state index contributed by atoms with van der Waals surface area (Å²) in [6.07, 6.45) is 31.0. The molecule has 0 rings (SSSR count). The Bertz CT molecular complexity index is 778. The summed E-state index contributed by atoms with van der Waals surface area (Å²) in [4.78, 5) is 37.6. The Balaban J connectivity index is 4.34. The fourth-order valence-electron chi connectivity index (χ4n) is 6.32. The van der Waals surface area contributed by atoms with Crippen molar-refractivity contribution in [2.24, 2.45) is 17.8 Å². The van der Waals surface area contributed by atoms with Gasteiger partial charge in [-0.05, 0) is 37.0 Å². The third kappa shape index (κ3) is 36.2. The minimum absolute atomic E-state index is 0.0679. The lowest BCUT2D eigenvalue weighted by molar-refractivity contribution is -0.167. The molecule has 0 fully saturated rings. The fourth-order valence-corrected chi connectivity index (χ4v) is 6.32. The van der Waals surface area contributed by atoms with Gasteiger partial charge in [0.15, 0.2) is 6.10 Å². The number of rotatable bonds is 37. The predicted octanol–water partition coefficient (Wildman–Crippen LogP) is 13.3. The summed E-state index contributed by atoms with van der Waals surface area (Å²) < 4.78 is 16.7. The Morgan fingerprint density at radius 2 is 0.700 bits per heavy atom. The summed E-state index contributed by atoms with van der Waals surface area (Å²) in [5, 5.41) is 0. The van der Waals surface area contributed by atoms with E-state index in [-0.39, 0.29) is 31.1 Å². The number of hydrogen-bond donors (Lipinski definition) is 0. The molecule has 0 aromatic rings. The zero-order chi connectivity index (χ0) is 37.1. The van der Waals surface area contributed by atoms with E-state index in [4.69, 9.17) is 14.2 Å². The van der Waals surface area contributed by atoms with Gasteiger partial charge >= 0.3 is 17.9 Å². The number of esters is 3. The fraction of sp³-hybridized carbons (Fsp3) is 0.932. The van der Waals surface area contributed by atoms with Crippen LogP contribution in [0.4, 0.5) is 0 Å². The maximum atomic E-state index is 12.6. The topological polar surface area (TPSA) is 78.9 Å². The summed E-state index contributed by atoms with van der Waals surface area (Å²) in [5.41, 5.74) is 0. The Morgan fingerprint density at radius 3 is 1.04 bits per heavy atom. The van der Waals surface area contributed by atoms with Gasteiger partial charge in [-0.1, -0.05) is 189 Å². The Labute approximate surface area is 310 Å². The Hall–Kier alpha value is -1.59. The number of unbranched alkanes of at least 4 members (excludes halogenated alkanes) is 19. The molecule has 0 radical (unpaired) electrons. The van der Waals surface area contributed by atoms with Crippen LogP contribution in [0.5, 0.6) is 0 Å². The van der Waals surface area contributed by atoms with Gasteiger partial charge in [0.05, 0.1) is 0 Å². The van der Waals surface area contributed by atoms with Crippen LogP contribution in [0.2, 0.25) is 0 Å². The summed E-state index contributed by atoms with van der Waals surface area (Å²) in [7, 11) is 0. The number of carbonyl (C=O) groups is 3. The molecular weight excluding hydrogens is 624 g/mol. The van der Waals surface area contributed by atoms with Crippen molar-refractivity contribution in [3.05, 3.63) is 0 Å². The van der Waals surface area contributed by atoms with E-state index in [9.17, 15) is 14.4 Å². The second kappa shape index (κ2) is 35.8. The first-order valence-electron chi connectivity index (χ1n) is 21.6. The highest BCUT2D eigenvalue weighted by Crippen LogP contribution is 2.17. The molecule has 0 N–H and O–H groups in total. The third-order valence-corrected chi connectivity index (χ3v) is 10.0. The average molecular weight is 709 g/mol. The SMILES string of the molecule is CCC(C)CCCCCCCCC(=O)OC[C@H](COC(=O)CCCCCCCCCCCCC(C)C)OC(=O)CCCCCCCCC(C)C. The molecule has 0 spiro atoms. The van der Waals surface area contributed by atoms with E-state index in [2.05, 4.69) is 41.5 Å². The molecule has 0 amide bonds. The van der Waals surface area contributed by atoms with Gasteiger partial charge < -0.3 is 14.2 Å². The standard InChI is InChI=1S/C44H84O6/c1-7-40(6)32-26-20-15-17-22-28-34-43(46)49-37-41(50-44(47)35-29-23-16-14-19-25-31-39(4)5)36-48-42(45)33-27-21-13-11-9-8-10-12-18-24-30-38(2)3/h38-41H,7-37H2,1-6H3/t40?,41-/m0/s1. The number of carbonyl (C=O) groups excluding carboxylic acids is 3. The van der Waals surface area contributed by atoms with Crippen molar-refractivity contribution in [2.45, 2.75) is 234 Å². The maximum absolute atomic E-state index is 12.6. The molecule has 0 aliphatic heterocycles. The normalized spacial score (nSPS) is 12.7. The van der Waals surface area contributed by atoms with E-state index in [0.29, 0.717) is 19.3 Å². The largest absolute Gasteiger partial charge is 0.462 e. The van der Waals surface area contributed by atoms with Crippen molar-refractivity contribution in [2.75, 3.05) is 13.2 Å². The molecule has 0 saturated carbocycles. The molecule has 50 heavy (non-hydrogen) atoms. The number of hydrogen-bond acceptors (Lipinski definition) is 6. The van der Waals surface area contributed by atoms with Crippen LogP contribution < -0.4 is 0 Å². The first-order chi connectivity index (χ1) is 24.1. The van der Waals surface area contributed by atoms with E-state index >= 15 is 0 Å². The van der Waals surface area contributed by atoms with Gasteiger partial charge in [0, 0.05) is 19.3 Å². The lowest BCUT2D eigenvalue weighted by Gasteiger charge is -2.18. The summed E-state index contributed by atoms with van der Waals surface area (Å²) in [6.45, 7) is 13.6. The zero-order valence-electron chi connectivity index (χ0n) is 34.2. The number of ether oxygens (including phenoxy) is 3. The van der Waals surface area contributed by atoms with E-state index in [1.54, 1.807) is 0 Å². The van der Waals surface area contributed by atoms with E-state index in [0.717, 1.165) is 75.5 Å². The third-order valence-electron chi connectivity index (χ3n) is 10.0. The second-order valence-electron chi connectivity index (χ2n) is 16.2. The average Bonchev–Trinajstić information content (AvgIpc) is 3.08. The molecule has 0 aliphatic carbocycles. The molecule has 6 nitrogen and oxygen atoms in total. The summed E-state index contributed by atoms with van der Waals surface area (Å²) in [5.74, 6) is 1.52. The predicted molar refractivity (Wildman–Crippen MR) is 210 cm³/mol. The highest BCUT2D eigenvalue weighted by atomic mass is 16.6. The van der Waals surface area contributed by atoms with Crippen molar-refractivity contribution < 1.29 is 28.6 Å². The highest BCUT2D eigenvalue weighted by Gasteiger charge is 2.19. The lowest BCUT2D eigenvalue weighted by atomic mass is 10.00. The van der Waals surface area contributed by atoms with Crippen LogP contribution in [0, 0.1) is 17.8 Å². The molecule has 6 heteroatoms. The molecule has 0 aliphatic rings. The molecule has 0 heterocycles. The molecule has 2 atom stereocenters. The first-order valence-corrected chi connectivity index (χ1v) is 21.6. The van der Waals surface area contributed by atoms with Crippen LogP contribution in [0.15, 0.2) is 0 Å². The minimum atomic E-state index is -0.762. The van der Waals surface area contributed by atoms with Crippen molar-refractivity contribution in [3.8, 4) is 0 Å². The zero-order valence-corrected chi connectivity index (χ0v) is 34.2. The van der Waals surface area contributed by atoms with Crippen LogP contribution in [0.1, 0.15) is 228 Å². The highest BCUT2D eigenvalue weighted by molar-refractivity contribution is 5.71. The van der Waals surface area contributed by atoms with Crippen LogP contribution in [0.3, 0.4) is 0 Å². The van der Waals surface area contributed by atoms with Gasteiger partial charge in [-0.25, -0.2) is 0 Å². The van der Waals surface area contributed by atoms with Gasteiger partial charge in [-0.2, -0.15) is 0 Å². The minimum Gasteiger partial charge on any atom is -0.462 e. The molecular formula is C44H84O6. The van der Waals surface area contributed by atoms with Crippen molar-refractivity contribution in [1.82, 2.24) is 0 Å². The molecule has 0 aromatic heterocycles. The second-order valence-corrected chi connectivity index (χ2v) is 16.2.